The summed E-state index contributed by atoms with van der Waals surface area (Å²) in [4.78, 5) is 21.8. The number of rotatable bonds is 2. The second-order valence-electron chi connectivity index (χ2n) is 4.75. The molecule has 1 aliphatic rings. The smallest absolute Gasteiger partial charge is 0.0479 e. The van der Waals surface area contributed by atoms with Gasteiger partial charge in [-0.3, -0.25) is 0 Å². The summed E-state index contributed by atoms with van der Waals surface area (Å²) in [5, 5.41) is 21.8. The van der Waals surface area contributed by atoms with Crippen molar-refractivity contribution in [2.45, 2.75) is 33.6 Å². The van der Waals surface area contributed by atoms with Gasteiger partial charge in [-0.05, 0) is 18.3 Å². The number of carboxylic acid groups (broad SMARTS) is 2. The molecule has 0 saturated heterocycles. The molecule has 5 heteroatoms. The van der Waals surface area contributed by atoms with Crippen LogP contribution < -0.4 is 10.2 Å². The number of hydrogen-bond donors (Lipinski definition) is 0. The Morgan fingerprint density at radius 2 is 1.67 bits per heavy atom. The predicted molar refractivity (Wildman–Crippen MR) is 44.6 cm³/mol. The molecule has 91 valence electrons. The van der Waals surface area contributed by atoms with Crippen molar-refractivity contribution in [3.8, 4) is 0 Å². The van der Waals surface area contributed by atoms with Crippen molar-refractivity contribution >= 4 is 11.9 Å². The zero-order chi connectivity index (χ0) is 11.1. The van der Waals surface area contributed by atoms with Gasteiger partial charge in [-0.1, -0.05) is 20.8 Å². The first-order valence-corrected chi connectivity index (χ1v) is 4.66. The molecule has 4 nitrogen and oxygen atoms in total. The van der Waals surface area contributed by atoms with Crippen molar-refractivity contribution in [1.29, 1.82) is 0 Å². The van der Waals surface area contributed by atoms with E-state index in [0.717, 1.165) is 0 Å². The molecule has 0 aliphatic heterocycles. The molecule has 1 aliphatic carbocycles. The monoisotopic (exact) mass is 305 g/mol. The molecular formula is C10H14AgO4-2. The van der Waals surface area contributed by atoms with Gasteiger partial charge in [0.1, 0.15) is 0 Å². The second-order valence-corrected chi connectivity index (χ2v) is 4.75. The van der Waals surface area contributed by atoms with Crippen molar-refractivity contribution in [3.63, 3.8) is 0 Å². The number of aliphatic carboxylic acids is 2. The van der Waals surface area contributed by atoms with E-state index in [9.17, 15) is 19.8 Å². The van der Waals surface area contributed by atoms with E-state index in [0.29, 0.717) is 12.8 Å². The van der Waals surface area contributed by atoms with Crippen LogP contribution in [0.3, 0.4) is 0 Å². The molecule has 15 heavy (non-hydrogen) atoms. The Kier molecular flexibility index (Phi) is 4.19. The number of carboxylic acids is 2. The number of carbonyl (C=O) groups is 2. The first kappa shape index (κ1) is 14.7. The van der Waals surface area contributed by atoms with E-state index in [4.69, 9.17) is 0 Å². The van der Waals surface area contributed by atoms with Gasteiger partial charge in [0.05, 0.1) is 0 Å². The fraction of sp³-hybridized carbons (Fsp3) is 0.800. The fourth-order valence-electron chi connectivity index (χ4n) is 2.28. The van der Waals surface area contributed by atoms with E-state index < -0.39 is 28.7 Å². The molecular weight excluding hydrogens is 292 g/mol. The molecule has 1 rings (SSSR count). The minimum absolute atomic E-state index is 0. The summed E-state index contributed by atoms with van der Waals surface area (Å²) < 4.78 is 0. The fourth-order valence-corrected chi connectivity index (χ4v) is 2.28. The third-order valence-electron chi connectivity index (χ3n) is 3.96. The quantitative estimate of drug-likeness (QED) is 0.608. The molecule has 1 radical (unpaired) electrons. The maximum absolute atomic E-state index is 11.0. The average Bonchev–Trinajstić information content (AvgIpc) is 2.24. The van der Waals surface area contributed by atoms with Crippen LogP contribution in [0.15, 0.2) is 0 Å². The van der Waals surface area contributed by atoms with Crippen LogP contribution in [0.5, 0.6) is 0 Å². The first-order valence-electron chi connectivity index (χ1n) is 4.66. The summed E-state index contributed by atoms with van der Waals surface area (Å²) in [6, 6.07) is 0. The Hall–Kier alpha value is -0.320. The topological polar surface area (TPSA) is 80.3 Å². The maximum atomic E-state index is 11.0. The van der Waals surface area contributed by atoms with Crippen LogP contribution in [0.1, 0.15) is 33.6 Å². The van der Waals surface area contributed by atoms with Gasteiger partial charge in [-0.25, -0.2) is 0 Å². The van der Waals surface area contributed by atoms with E-state index in [2.05, 4.69) is 0 Å². The zero-order valence-electron chi connectivity index (χ0n) is 8.93. The first-order chi connectivity index (χ1) is 6.23. The number of carbonyl (C=O) groups excluding carboxylic acids is 2. The molecule has 0 aromatic carbocycles. The summed E-state index contributed by atoms with van der Waals surface area (Å²) >= 11 is 0. The minimum Gasteiger partial charge on any atom is -0.550 e. The third-order valence-corrected chi connectivity index (χ3v) is 3.96. The van der Waals surface area contributed by atoms with Gasteiger partial charge in [-0.15, -0.1) is 0 Å². The standard InChI is InChI=1S/C10H16O4.Ag/c1-9(2)6(7(11)12)4-5-10(9,3)8(13)14;/h6H,4-5H2,1-3H3,(H,11,12)(H,13,14);/p-2. The molecule has 0 heterocycles. The Labute approximate surface area is 105 Å². The summed E-state index contributed by atoms with van der Waals surface area (Å²) in [5.41, 5.74) is -1.89. The Bertz CT molecular complexity index is 287. The van der Waals surface area contributed by atoms with Gasteiger partial charge in [0, 0.05) is 45.7 Å². The van der Waals surface area contributed by atoms with Crippen molar-refractivity contribution in [2.75, 3.05) is 0 Å². The molecule has 1 fully saturated rings. The van der Waals surface area contributed by atoms with Crippen LogP contribution in [-0.2, 0) is 32.0 Å². The Morgan fingerprint density at radius 1 is 1.20 bits per heavy atom. The van der Waals surface area contributed by atoms with Crippen molar-refractivity contribution < 1.29 is 42.2 Å². The van der Waals surface area contributed by atoms with E-state index in [1.807, 2.05) is 0 Å². The molecule has 0 amide bonds. The van der Waals surface area contributed by atoms with Gasteiger partial charge in [0.25, 0.3) is 0 Å². The van der Waals surface area contributed by atoms with Gasteiger partial charge in [0.15, 0.2) is 0 Å². The van der Waals surface area contributed by atoms with Crippen LogP contribution in [0.25, 0.3) is 0 Å². The summed E-state index contributed by atoms with van der Waals surface area (Å²) in [5.74, 6) is -3.04. The van der Waals surface area contributed by atoms with Crippen molar-refractivity contribution in [1.82, 2.24) is 0 Å². The summed E-state index contributed by atoms with van der Waals surface area (Å²) in [6.45, 7) is 4.85. The second kappa shape index (κ2) is 4.28. The molecule has 0 spiro atoms. The number of hydrogen-bond acceptors (Lipinski definition) is 4. The van der Waals surface area contributed by atoms with Crippen LogP contribution in [0.4, 0.5) is 0 Å². The van der Waals surface area contributed by atoms with Gasteiger partial charge in [0.2, 0.25) is 0 Å². The molecule has 0 N–H and O–H groups in total. The minimum atomic E-state index is -1.17. The Morgan fingerprint density at radius 3 is 1.87 bits per heavy atom. The molecule has 0 bridgehead atoms. The third kappa shape index (κ3) is 1.98. The van der Waals surface area contributed by atoms with Crippen LogP contribution in [0, 0.1) is 16.7 Å². The SMILES string of the molecule is CC1(C(=O)[O-])CCC(C(=O)[O-])C1(C)C.[Ag]. The molecule has 2 unspecified atom stereocenters. The zero-order valence-corrected chi connectivity index (χ0v) is 10.4. The van der Waals surface area contributed by atoms with E-state index >= 15 is 0 Å². The average molecular weight is 306 g/mol. The predicted octanol–water partition coefficient (Wildman–Crippen LogP) is -1.07. The maximum Gasteiger partial charge on any atom is 0.0479 e. The van der Waals surface area contributed by atoms with Crippen LogP contribution >= 0.6 is 0 Å². The normalized spacial score (nSPS) is 33.1. The van der Waals surface area contributed by atoms with E-state index in [-0.39, 0.29) is 22.4 Å². The summed E-state index contributed by atoms with van der Waals surface area (Å²) in [6.07, 6.45) is 0.681. The van der Waals surface area contributed by atoms with Crippen LogP contribution in [-0.4, -0.2) is 11.9 Å². The van der Waals surface area contributed by atoms with Gasteiger partial charge >= 0.3 is 0 Å². The van der Waals surface area contributed by atoms with Crippen LogP contribution in [0.2, 0.25) is 0 Å². The van der Waals surface area contributed by atoms with Gasteiger partial charge < -0.3 is 19.8 Å². The van der Waals surface area contributed by atoms with Gasteiger partial charge in [-0.2, -0.15) is 0 Å². The largest absolute Gasteiger partial charge is 0.550 e. The molecule has 1 saturated carbocycles. The molecule has 0 aromatic heterocycles. The summed E-state index contributed by atoms with van der Waals surface area (Å²) in [7, 11) is 0. The van der Waals surface area contributed by atoms with Crippen molar-refractivity contribution in [2.24, 2.45) is 16.7 Å². The molecule has 2 atom stereocenters. The van der Waals surface area contributed by atoms with E-state index in [1.165, 1.54) is 0 Å². The van der Waals surface area contributed by atoms with E-state index in [1.54, 1.807) is 20.8 Å². The van der Waals surface area contributed by atoms with Crippen molar-refractivity contribution in [3.05, 3.63) is 0 Å². The molecule has 0 aromatic rings. The Balaban J connectivity index is 0.00000196.